The third-order valence-electron chi connectivity index (χ3n) is 9.96. The average Bonchev–Trinajstić information content (AvgIpc) is 3.13. The number of rotatable bonds is 8. The molecule has 0 aromatic rings. The van der Waals surface area contributed by atoms with E-state index in [2.05, 4.69) is 20.8 Å². The zero-order valence-corrected chi connectivity index (χ0v) is 20.4. The molecule has 32 heavy (non-hydrogen) atoms. The largest absolute Gasteiger partial charge is 0.458 e. The number of hydrogen-bond acceptors (Lipinski definition) is 4. The van der Waals surface area contributed by atoms with Crippen LogP contribution in [0.3, 0.4) is 0 Å². The second-order valence-electron chi connectivity index (χ2n) is 11.6. The van der Waals surface area contributed by atoms with E-state index in [0.717, 1.165) is 70.6 Å². The van der Waals surface area contributed by atoms with Gasteiger partial charge in [0.05, 0.1) is 0 Å². The summed E-state index contributed by atoms with van der Waals surface area (Å²) in [6.07, 6.45) is 14.8. The van der Waals surface area contributed by atoms with Crippen LogP contribution in [0.2, 0.25) is 0 Å². The van der Waals surface area contributed by atoms with Crippen molar-refractivity contribution >= 4 is 17.5 Å². The average molecular weight is 443 g/mol. The lowest BCUT2D eigenvalue weighted by Gasteiger charge is -2.58. The fourth-order valence-corrected chi connectivity index (χ4v) is 8.11. The molecule has 0 N–H and O–H groups in total. The summed E-state index contributed by atoms with van der Waals surface area (Å²) in [4.78, 5) is 37.2. The molecule has 178 valence electrons. The zero-order chi connectivity index (χ0) is 22.9. The Bertz CT molecular complexity index is 782. The summed E-state index contributed by atoms with van der Waals surface area (Å²) in [7, 11) is 0. The molecular weight excluding hydrogens is 400 g/mol. The van der Waals surface area contributed by atoms with Gasteiger partial charge in [0.1, 0.15) is 6.61 Å². The second kappa shape index (κ2) is 9.43. The molecule has 0 aliphatic heterocycles. The maximum atomic E-state index is 13.1. The topological polar surface area (TPSA) is 60.4 Å². The highest BCUT2D eigenvalue weighted by Crippen LogP contribution is 2.66. The van der Waals surface area contributed by atoms with Crippen LogP contribution in [0.5, 0.6) is 0 Å². The molecule has 3 saturated carbocycles. The molecule has 3 fully saturated rings. The quantitative estimate of drug-likeness (QED) is 0.331. The van der Waals surface area contributed by atoms with Gasteiger partial charge in [0.2, 0.25) is 0 Å². The van der Waals surface area contributed by atoms with Crippen molar-refractivity contribution in [2.24, 2.45) is 34.5 Å². The van der Waals surface area contributed by atoms with Gasteiger partial charge in [0.15, 0.2) is 11.6 Å². The highest BCUT2D eigenvalue weighted by molar-refractivity contribution is 5.91. The maximum Gasteiger partial charge on any atom is 0.306 e. The van der Waals surface area contributed by atoms with Gasteiger partial charge in [-0.05, 0) is 86.0 Å². The van der Waals surface area contributed by atoms with Gasteiger partial charge in [0, 0.05) is 18.8 Å². The van der Waals surface area contributed by atoms with Crippen LogP contribution in [0, 0.1) is 34.5 Å². The van der Waals surface area contributed by atoms with E-state index in [9.17, 15) is 14.4 Å². The first-order chi connectivity index (χ1) is 15.3. The Labute approximate surface area is 193 Å². The summed E-state index contributed by atoms with van der Waals surface area (Å²) in [5.74, 6) is 2.13. The fraction of sp³-hybridized carbons (Fsp3) is 0.821. The van der Waals surface area contributed by atoms with Gasteiger partial charge in [0.25, 0.3) is 0 Å². The van der Waals surface area contributed by atoms with Crippen LogP contribution in [0.1, 0.15) is 104 Å². The molecule has 0 amide bonds. The van der Waals surface area contributed by atoms with Gasteiger partial charge in [-0.15, -0.1) is 0 Å². The molecule has 4 nitrogen and oxygen atoms in total. The predicted molar refractivity (Wildman–Crippen MR) is 125 cm³/mol. The molecule has 4 aliphatic carbocycles. The van der Waals surface area contributed by atoms with E-state index in [1.165, 1.54) is 5.57 Å². The minimum atomic E-state index is -0.218. The Hall–Kier alpha value is -1.45. The van der Waals surface area contributed by atoms with E-state index in [1.807, 2.05) is 6.08 Å². The van der Waals surface area contributed by atoms with Gasteiger partial charge < -0.3 is 4.74 Å². The number of ketones is 2. The summed E-state index contributed by atoms with van der Waals surface area (Å²) in [6, 6.07) is 0. The predicted octanol–water partition coefficient (Wildman–Crippen LogP) is 6.22. The first-order valence-corrected chi connectivity index (χ1v) is 13.2. The Morgan fingerprint density at radius 1 is 1.00 bits per heavy atom. The van der Waals surface area contributed by atoms with Crippen molar-refractivity contribution in [2.75, 3.05) is 6.61 Å². The molecule has 4 heteroatoms. The Morgan fingerprint density at radius 2 is 1.81 bits per heavy atom. The lowest BCUT2D eigenvalue weighted by molar-refractivity contribution is -0.151. The van der Waals surface area contributed by atoms with Crippen molar-refractivity contribution in [1.82, 2.24) is 0 Å². The van der Waals surface area contributed by atoms with Gasteiger partial charge in [-0.1, -0.05) is 45.6 Å². The van der Waals surface area contributed by atoms with Crippen LogP contribution in [-0.2, 0) is 19.1 Å². The number of carbonyl (C=O) groups excluding carboxylic acids is 3. The van der Waals surface area contributed by atoms with E-state index in [0.29, 0.717) is 36.4 Å². The number of hydrogen-bond donors (Lipinski definition) is 0. The van der Waals surface area contributed by atoms with Gasteiger partial charge in [-0.25, -0.2) is 0 Å². The number of unbranched alkanes of at least 4 members (excludes halogenated alkanes) is 3. The van der Waals surface area contributed by atoms with Crippen LogP contribution < -0.4 is 0 Å². The molecule has 4 rings (SSSR count). The number of ether oxygens (including phenoxy) is 1. The summed E-state index contributed by atoms with van der Waals surface area (Å²) in [6.45, 7) is 6.86. The molecule has 0 aromatic carbocycles. The van der Waals surface area contributed by atoms with E-state index in [1.54, 1.807) is 0 Å². The molecule has 0 heterocycles. The summed E-state index contributed by atoms with van der Waals surface area (Å²) < 4.78 is 5.40. The summed E-state index contributed by atoms with van der Waals surface area (Å²) >= 11 is 0. The van der Waals surface area contributed by atoms with Gasteiger partial charge in [-0.3, -0.25) is 14.4 Å². The molecule has 6 atom stereocenters. The Morgan fingerprint density at radius 3 is 2.59 bits per heavy atom. The lowest BCUT2D eigenvalue weighted by atomic mass is 9.46. The molecular formula is C28H42O4. The van der Waals surface area contributed by atoms with Crippen LogP contribution in [0.4, 0.5) is 0 Å². The van der Waals surface area contributed by atoms with E-state index in [-0.39, 0.29) is 35.1 Å². The van der Waals surface area contributed by atoms with Crippen molar-refractivity contribution in [2.45, 2.75) is 104 Å². The molecule has 0 bridgehead atoms. The molecule has 0 aromatic heterocycles. The molecule has 6 unspecified atom stereocenters. The van der Waals surface area contributed by atoms with Crippen molar-refractivity contribution in [3.63, 3.8) is 0 Å². The number of allylic oxidation sites excluding steroid dienone is 1. The second-order valence-corrected chi connectivity index (χ2v) is 11.6. The fourth-order valence-electron chi connectivity index (χ4n) is 8.11. The summed E-state index contributed by atoms with van der Waals surface area (Å²) in [5, 5.41) is 0. The van der Waals surface area contributed by atoms with Crippen LogP contribution >= 0.6 is 0 Å². The number of carbonyl (C=O) groups is 3. The standard InChI is InChI=1S/C28H42O4/c1-4-5-6-7-8-26(31)32-18-25(30)24-12-11-22-21-10-9-19-17-20(29)13-15-27(19,2)23(21)14-16-28(22,24)3/h17,21-24H,4-16,18H2,1-3H3. The smallest absolute Gasteiger partial charge is 0.306 e. The van der Waals surface area contributed by atoms with Crippen LogP contribution in [0.15, 0.2) is 11.6 Å². The van der Waals surface area contributed by atoms with Crippen molar-refractivity contribution in [3.8, 4) is 0 Å². The molecule has 0 spiro atoms. The third-order valence-corrected chi connectivity index (χ3v) is 9.96. The van der Waals surface area contributed by atoms with E-state index < -0.39 is 0 Å². The van der Waals surface area contributed by atoms with Crippen LogP contribution in [0.25, 0.3) is 0 Å². The normalized spacial score (nSPS) is 38.3. The minimum absolute atomic E-state index is 0.0269. The number of esters is 1. The first-order valence-electron chi connectivity index (χ1n) is 13.2. The number of fused-ring (bicyclic) bond motifs is 5. The zero-order valence-electron chi connectivity index (χ0n) is 20.4. The molecule has 0 radical (unpaired) electrons. The first kappa shape index (κ1) is 23.7. The number of Topliss-reactive ketones (excluding diaryl/α,β-unsaturated/α-hetero) is 1. The molecule has 4 aliphatic rings. The van der Waals surface area contributed by atoms with Crippen LogP contribution in [-0.4, -0.2) is 24.1 Å². The Balaban J connectivity index is 1.38. The lowest BCUT2D eigenvalue weighted by Crippen LogP contribution is -2.51. The SMILES string of the molecule is CCCCCCC(=O)OCC(=O)C1CCC2C3CCC4=CC(=O)CCC4(C)C3CCC12C. The highest BCUT2D eigenvalue weighted by Gasteiger charge is 2.60. The Kier molecular flexibility index (Phi) is 6.98. The monoisotopic (exact) mass is 442 g/mol. The van der Waals surface area contributed by atoms with E-state index >= 15 is 0 Å². The van der Waals surface area contributed by atoms with Gasteiger partial charge >= 0.3 is 5.97 Å². The van der Waals surface area contributed by atoms with Crippen molar-refractivity contribution in [3.05, 3.63) is 11.6 Å². The maximum absolute atomic E-state index is 13.1. The summed E-state index contributed by atoms with van der Waals surface area (Å²) in [5.41, 5.74) is 1.61. The van der Waals surface area contributed by atoms with Crippen molar-refractivity contribution in [1.29, 1.82) is 0 Å². The van der Waals surface area contributed by atoms with E-state index in [4.69, 9.17) is 4.74 Å². The van der Waals surface area contributed by atoms with Gasteiger partial charge in [-0.2, -0.15) is 0 Å². The third kappa shape index (κ3) is 4.23. The van der Waals surface area contributed by atoms with Crippen molar-refractivity contribution < 1.29 is 19.1 Å². The minimum Gasteiger partial charge on any atom is -0.458 e. The highest BCUT2D eigenvalue weighted by atomic mass is 16.5. The molecule has 0 saturated heterocycles.